The van der Waals surface area contributed by atoms with Crippen molar-refractivity contribution < 1.29 is 18.0 Å². The molecule has 1 aromatic carbocycles. The van der Waals surface area contributed by atoms with Crippen molar-refractivity contribution in [2.24, 2.45) is 5.92 Å². The number of aldehydes is 1. The summed E-state index contributed by atoms with van der Waals surface area (Å²) >= 11 is 0. The van der Waals surface area contributed by atoms with E-state index in [1.807, 2.05) is 0 Å². The molecule has 2 fully saturated rings. The predicted octanol–water partition coefficient (Wildman–Crippen LogP) is 3.65. The van der Waals surface area contributed by atoms with Crippen LogP contribution in [0.15, 0.2) is 24.3 Å². The van der Waals surface area contributed by atoms with Gasteiger partial charge < -0.3 is 4.79 Å². The van der Waals surface area contributed by atoms with Gasteiger partial charge in [-0.1, -0.05) is 12.1 Å². The first-order valence-corrected chi connectivity index (χ1v) is 7.34. The fourth-order valence-electron chi connectivity index (χ4n) is 3.70. The number of carbonyl (C=O) groups is 1. The van der Waals surface area contributed by atoms with Gasteiger partial charge in [-0.15, -0.1) is 0 Å². The Labute approximate surface area is 121 Å². The van der Waals surface area contributed by atoms with Crippen LogP contribution in [0.2, 0.25) is 0 Å². The van der Waals surface area contributed by atoms with E-state index in [0.29, 0.717) is 18.6 Å². The van der Waals surface area contributed by atoms with Crippen LogP contribution in [0.25, 0.3) is 0 Å². The van der Waals surface area contributed by atoms with Crippen LogP contribution >= 0.6 is 0 Å². The second-order valence-electron chi connectivity index (χ2n) is 6.12. The van der Waals surface area contributed by atoms with Gasteiger partial charge in [-0.3, -0.25) is 4.90 Å². The lowest BCUT2D eigenvalue weighted by Gasteiger charge is -2.37. The van der Waals surface area contributed by atoms with Crippen LogP contribution in [-0.2, 0) is 17.5 Å². The highest BCUT2D eigenvalue weighted by Gasteiger charge is 2.40. The largest absolute Gasteiger partial charge is 0.416 e. The Morgan fingerprint density at radius 3 is 2.14 bits per heavy atom. The van der Waals surface area contributed by atoms with Gasteiger partial charge in [0.25, 0.3) is 0 Å². The van der Waals surface area contributed by atoms with Gasteiger partial charge in [-0.05, 0) is 43.4 Å². The van der Waals surface area contributed by atoms with Gasteiger partial charge in [-0.2, -0.15) is 13.2 Å². The van der Waals surface area contributed by atoms with Crippen LogP contribution in [0, 0.1) is 5.92 Å². The topological polar surface area (TPSA) is 20.3 Å². The number of alkyl halides is 3. The number of hydrogen-bond acceptors (Lipinski definition) is 2. The molecule has 2 bridgehead atoms. The molecule has 0 saturated carbocycles. The molecule has 2 heterocycles. The summed E-state index contributed by atoms with van der Waals surface area (Å²) in [6, 6.07) is 6.23. The van der Waals surface area contributed by atoms with E-state index in [9.17, 15) is 18.0 Å². The second kappa shape index (κ2) is 5.44. The van der Waals surface area contributed by atoms with Crippen LogP contribution < -0.4 is 0 Å². The summed E-state index contributed by atoms with van der Waals surface area (Å²) in [7, 11) is 0. The highest BCUT2D eigenvalue weighted by molar-refractivity contribution is 5.54. The van der Waals surface area contributed by atoms with Crippen LogP contribution in [0.5, 0.6) is 0 Å². The summed E-state index contributed by atoms with van der Waals surface area (Å²) in [4.78, 5) is 13.3. The molecule has 2 aliphatic heterocycles. The third kappa shape index (κ3) is 2.98. The lowest BCUT2D eigenvalue weighted by molar-refractivity contribution is -0.137. The molecule has 2 atom stereocenters. The molecule has 5 heteroatoms. The van der Waals surface area contributed by atoms with Crippen molar-refractivity contribution in [2.45, 2.75) is 50.5 Å². The third-order valence-electron chi connectivity index (χ3n) is 4.76. The molecule has 0 radical (unpaired) electrons. The van der Waals surface area contributed by atoms with Crippen molar-refractivity contribution >= 4 is 6.29 Å². The number of halogens is 3. The predicted molar refractivity (Wildman–Crippen MR) is 72.6 cm³/mol. The molecule has 0 aliphatic carbocycles. The molecule has 2 unspecified atom stereocenters. The van der Waals surface area contributed by atoms with E-state index in [2.05, 4.69) is 4.90 Å². The van der Waals surface area contributed by atoms with Crippen LogP contribution in [0.4, 0.5) is 13.2 Å². The first kappa shape index (κ1) is 14.6. The zero-order chi connectivity index (χ0) is 15.0. The van der Waals surface area contributed by atoms with E-state index >= 15 is 0 Å². The van der Waals surface area contributed by atoms with Gasteiger partial charge in [0.2, 0.25) is 0 Å². The summed E-state index contributed by atoms with van der Waals surface area (Å²) in [5.41, 5.74) is 0.304. The van der Waals surface area contributed by atoms with Crippen molar-refractivity contribution in [2.75, 3.05) is 0 Å². The van der Waals surface area contributed by atoms with Crippen molar-refractivity contribution in [1.82, 2.24) is 4.90 Å². The Morgan fingerprint density at radius 1 is 1.10 bits per heavy atom. The smallest absolute Gasteiger partial charge is 0.303 e. The minimum absolute atomic E-state index is 0.159. The van der Waals surface area contributed by atoms with E-state index < -0.39 is 11.7 Å². The number of fused-ring (bicyclic) bond motifs is 2. The second-order valence-corrected chi connectivity index (χ2v) is 6.12. The Kier molecular flexibility index (Phi) is 3.78. The monoisotopic (exact) mass is 297 g/mol. The van der Waals surface area contributed by atoms with Gasteiger partial charge in [-0.25, -0.2) is 0 Å². The van der Waals surface area contributed by atoms with Gasteiger partial charge in [0.15, 0.2) is 0 Å². The molecular weight excluding hydrogens is 279 g/mol. The first-order chi connectivity index (χ1) is 9.97. The summed E-state index contributed by atoms with van der Waals surface area (Å²) in [6.07, 6.45) is 0.743. The number of benzene rings is 1. The Hall–Kier alpha value is -1.36. The Morgan fingerprint density at radius 2 is 1.67 bits per heavy atom. The molecule has 3 rings (SSSR count). The van der Waals surface area contributed by atoms with E-state index in [4.69, 9.17) is 0 Å². The molecule has 21 heavy (non-hydrogen) atoms. The molecule has 0 aromatic heterocycles. The van der Waals surface area contributed by atoms with Crippen LogP contribution in [-0.4, -0.2) is 23.3 Å². The van der Waals surface area contributed by atoms with Gasteiger partial charge in [0, 0.05) is 24.5 Å². The molecule has 0 spiro atoms. The SMILES string of the molecule is O=CC1CC2CCC(C1)N2Cc1ccc(C(F)(F)F)cc1. The maximum absolute atomic E-state index is 12.6. The number of piperidine rings is 1. The molecule has 2 saturated heterocycles. The number of hydrogen-bond donors (Lipinski definition) is 0. The van der Waals surface area contributed by atoms with Crippen molar-refractivity contribution in [3.8, 4) is 0 Å². The van der Waals surface area contributed by atoms with E-state index in [0.717, 1.165) is 49.7 Å². The fraction of sp³-hybridized carbons (Fsp3) is 0.562. The zero-order valence-corrected chi connectivity index (χ0v) is 11.6. The molecule has 2 nitrogen and oxygen atoms in total. The molecule has 0 amide bonds. The Bertz CT molecular complexity index is 497. The van der Waals surface area contributed by atoms with E-state index in [-0.39, 0.29) is 5.92 Å². The van der Waals surface area contributed by atoms with Crippen LogP contribution in [0.1, 0.15) is 36.8 Å². The Balaban J connectivity index is 1.69. The molecule has 114 valence electrons. The minimum Gasteiger partial charge on any atom is -0.303 e. The summed E-state index contributed by atoms with van der Waals surface area (Å²) < 4.78 is 37.7. The normalized spacial score (nSPS) is 29.6. The zero-order valence-electron chi connectivity index (χ0n) is 11.6. The number of carbonyl (C=O) groups excluding carboxylic acids is 1. The molecule has 2 aliphatic rings. The van der Waals surface area contributed by atoms with E-state index in [1.165, 1.54) is 0 Å². The lowest BCUT2D eigenvalue weighted by Crippen LogP contribution is -2.42. The summed E-state index contributed by atoms with van der Waals surface area (Å²) in [6.45, 7) is 0.680. The highest BCUT2D eigenvalue weighted by Crippen LogP contribution is 2.39. The maximum Gasteiger partial charge on any atom is 0.416 e. The van der Waals surface area contributed by atoms with Gasteiger partial charge in [0.1, 0.15) is 6.29 Å². The maximum atomic E-state index is 12.6. The first-order valence-electron chi connectivity index (χ1n) is 7.34. The standard InChI is InChI=1S/C16H18F3NO/c17-16(18,19)13-3-1-11(2-4-13)9-20-14-5-6-15(20)8-12(7-14)10-21/h1-4,10,12,14-15H,5-9H2. The van der Waals surface area contributed by atoms with Crippen molar-refractivity contribution in [3.63, 3.8) is 0 Å². The highest BCUT2D eigenvalue weighted by atomic mass is 19.4. The third-order valence-corrected chi connectivity index (χ3v) is 4.76. The average Bonchev–Trinajstić information content (AvgIpc) is 2.69. The number of rotatable bonds is 3. The lowest BCUT2D eigenvalue weighted by atomic mass is 9.91. The fourth-order valence-corrected chi connectivity index (χ4v) is 3.70. The minimum atomic E-state index is -4.28. The average molecular weight is 297 g/mol. The molecule has 0 N–H and O–H groups in total. The molecular formula is C16H18F3NO. The molecule has 1 aromatic rings. The van der Waals surface area contributed by atoms with Gasteiger partial charge >= 0.3 is 6.18 Å². The summed E-state index contributed by atoms with van der Waals surface area (Å²) in [5, 5.41) is 0. The quantitative estimate of drug-likeness (QED) is 0.794. The summed E-state index contributed by atoms with van der Waals surface area (Å²) in [5.74, 6) is 0.159. The van der Waals surface area contributed by atoms with Crippen LogP contribution in [0.3, 0.4) is 0 Å². The van der Waals surface area contributed by atoms with Crippen molar-refractivity contribution in [3.05, 3.63) is 35.4 Å². The van der Waals surface area contributed by atoms with Gasteiger partial charge in [0.05, 0.1) is 5.56 Å². The van der Waals surface area contributed by atoms with Crippen molar-refractivity contribution in [1.29, 1.82) is 0 Å². The van der Waals surface area contributed by atoms with E-state index in [1.54, 1.807) is 12.1 Å². The number of nitrogens with zero attached hydrogens (tertiary/aromatic N) is 1.